The van der Waals surface area contributed by atoms with Crippen molar-refractivity contribution in [2.45, 2.75) is 12.6 Å². The van der Waals surface area contributed by atoms with Gasteiger partial charge in [-0.2, -0.15) is 0 Å². The zero-order chi connectivity index (χ0) is 19.2. The topological polar surface area (TPSA) is 78.8 Å². The van der Waals surface area contributed by atoms with Gasteiger partial charge in [0.15, 0.2) is 0 Å². The molecule has 138 valence electrons. The van der Waals surface area contributed by atoms with Gasteiger partial charge in [-0.05, 0) is 46.7 Å². The summed E-state index contributed by atoms with van der Waals surface area (Å²) in [6, 6.07) is 19.5. The summed E-state index contributed by atoms with van der Waals surface area (Å²) in [6.07, 6.45) is 1.21. The van der Waals surface area contributed by atoms with E-state index in [1.807, 2.05) is 36.4 Å². The van der Waals surface area contributed by atoms with Crippen molar-refractivity contribution in [3.8, 4) is 5.75 Å². The SMILES string of the molecule is COc1cc2ccccc2cc1CNc1cccc(C(O)/C=C/C(=O)O)c1. The molecule has 0 aliphatic heterocycles. The number of fused-ring (bicyclic) bond motifs is 1. The molecule has 0 radical (unpaired) electrons. The van der Waals surface area contributed by atoms with Crippen molar-refractivity contribution in [1.82, 2.24) is 0 Å². The number of ether oxygens (including phenoxy) is 1. The third-order valence-corrected chi connectivity index (χ3v) is 4.28. The molecule has 1 unspecified atom stereocenters. The lowest BCUT2D eigenvalue weighted by molar-refractivity contribution is -0.131. The summed E-state index contributed by atoms with van der Waals surface area (Å²) in [5.74, 6) is -0.284. The molecule has 3 N–H and O–H groups in total. The first-order chi connectivity index (χ1) is 13.1. The summed E-state index contributed by atoms with van der Waals surface area (Å²) in [7, 11) is 1.65. The maximum Gasteiger partial charge on any atom is 0.328 e. The second kappa shape index (κ2) is 8.38. The van der Waals surface area contributed by atoms with Crippen LogP contribution in [0.5, 0.6) is 5.75 Å². The van der Waals surface area contributed by atoms with E-state index in [1.54, 1.807) is 19.2 Å². The molecule has 5 heteroatoms. The van der Waals surface area contributed by atoms with Gasteiger partial charge in [0, 0.05) is 23.9 Å². The second-order valence-corrected chi connectivity index (χ2v) is 6.13. The molecule has 27 heavy (non-hydrogen) atoms. The van der Waals surface area contributed by atoms with Crippen molar-refractivity contribution in [2.24, 2.45) is 0 Å². The molecule has 0 fully saturated rings. The van der Waals surface area contributed by atoms with Crippen LogP contribution in [0, 0.1) is 0 Å². The molecule has 0 heterocycles. The zero-order valence-corrected chi connectivity index (χ0v) is 14.9. The van der Waals surface area contributed by atoms with Crippen molar-refractivity contribution in [3.05, 3.63) is 83.9 Å². The van der Waals surface area contributed by atoms with Crippen molar-refractivity contribution < 1.29 is 19.7 Å². The highest BCUT2D eigenvalue weighted by molar-refractivity contribution is 5.85. The summed E-state index contributed by atoms with van der Waals surface area (Å²) in [5.41, 5.74) is 2.46. The molecule has 0 saturated heterocycles. The van der Waals surface area contributed by atoms with Gasteiger partial charge in [0.25, 0.3) is 0 Å². The Kier molecular flexibility index (Phi) is 5.74. The quantitative estimate of drug-likeness (QED) is 0.550. The monoisotopic (exact) mass is 363 g/mol. The molecular weight excluding hydrogens is 342 g/mol. The van der Waals surface area contributed by atoms with E-state index in [1.165, 1.54) is 6.08 Å². The van der Waals surface area contributed by atoms with E-state index in [-0.39, 0.29) is 0 Å². The van der Waals surface area contributed by atoms with E-state index >= 15 is 0 Å². The number of carboxylic acid groups (broad SMARTS) is 1. The highest BCUT2D eigenvalue weighted by Crippen LogP contribution is 2.27. The van der Waals surface area contributed by atoms with E-state index in [9.17, 15) is 9.90 Å². The molecule has 0 saturated carbocycles. The van der Waals surface area contributed by atoms with Crippen LogP contribution in [0.4, 0.5) is 5.69 Å². The standard InChI is InChI=1S/C22H21NO4/c1-27-21-13-16-6-3-2-5-15(16)11-18(21)14-23-19-8-4-7-17(12-19)20(24)9-10-22(25)26/h2-13,20,23-24H,14H2,1H3,(H,25,26)/b10-9+. The number of aliphatic carboxylic acids is 1. The number of carboxylic acids is 1. The van der Waals surface area contributed by atoms with Crippen molar-refractivity contribution in [3.63, 3.8) is 0 Å². The average Bonchev–Trinajstić information content (AvgIpc) is 2.69. The molecule has 0 aliphatic carbocycles. The Hall–Kier alpha value is -3.31. The molecule has 3 aromatic rings. The number of hydrogen-bond donors (Lipinski definition) is 3. The lowest BCUT2D eigenvalue weighted by Crippen LogP contribution is -2.03. The van der Waals surface area contributed by atoms with E-state index < -0.39 is 12.1 Å². The minimum atomic E-state index is -1.09. The third-order valence-electron chi connectivity index (χ3n) is 4.28. The summed E-state index contributed by atoms with van der Waals surface area (Å²) in [4.78, 5) is 10.6. The lowest BCUT2D eigenvalue weighted by Gasteiger charge is -2.14. The highest BCUT2D eigenvalue weighted by atomic mass is 16.5. The van der Waals surface area contributed by atoms with Gasteiger partial charge in [-0.25, -0.2) is 4.79 Å². The largest absolute Gasteiger partial charge is 0.496 e. The smallest absolute Gasteiger partial charge is 0.328 e. The first-order valence-corrected chi connectivity index (χ1v) is 8.55. The number of methoxy groups -OCH3 is 1. The molecule has 3 aromatic carbocycles. The number of benzene rings is 3. The van der Waals surface area contributed by atoms with Crippen LogP contribution in [0.2, 0.25) is 0 Å². The Morgan fingerprint density at radius 1 is 1.11 bits per heavy atom. The second-order valence-electron chi connectivity index (χ2n) is 6.13. The minimum Gasteiger partial charge on any atom is -0.496 e. The molecule has 0 spiro atoms. The van der Waals surface area contributed by atoms with Crippen LogP contribution in [0.25, 0.3) is 10.8 Å². The maximum atomic E-state index is 10.6. The predicted molar refractivity (Wildman–Crippen MR) is 106 cm³/mol. The van der Waals surface area contributed by atoms with Crippen LogP contribution in [-0.2, 0) is 11.3 Å². The van der Waals surface area contributed by atoms with Gasteiger partial charge >= 0.3 is 5.97 Å². The number of aliphatic hydroxyl groups is 1. The maximum absolute atomic E-state index is 10.6. The lowest BCUT2D eigenvalue weighted by atomic mass is 10.1. The molecule has 5 nitrogen and oxygen atoms in total. The number of hydrogen-bond acceptors (Lipinski definition) is 4. The van der Waals surface area contributed by atoms with Gasteiger partial charge in [-0.1, -0.05) is 36.4 Å². The molecule has 0 amide bonds. The summed E-state index contributed by atoms with van der Waals surface area (Å²) in [5, 5.41) is 24.3. The van der Waals surface area contributed by atoms with Crippen molar-refractivity contribution in [2.75, 3.05) is 12.4 Å². The number of aliphatic hydroxyl groups excluding tert-OH is 1. The summed E-state index contributed by atoms with van der Waals surface area (Å²) >= 11 is 0. The summed E-state index contributed by atoms with van der Waals surface area (Å²) in [6.45, 7) is 0.554. The molecular formula is C22H21NO4. The Morgan fingerprint density at radius 2 is 1.85 bits per heavy atom. The normalized spacial score (nSPS) is 12.2. The Labute approximate surface area is 157 Å². The van der Waals surface area contributed by atoms with E-state index in [0.717, 1.165) is 33.8 Å². The van der Waals surface area contributed by atoms with Gasteiger partial charge in [0.1, 0.15) is 5.75 Å². The van der Waals surface area contributed by atoms with Crippen LogP contribution in [0.3, 0.4) is 0 Å². The van der Waals surface area contributed by atoms with E-state index in [2.05, 4.69) is 17.4 Å². The van der Waals surface area contributed by atoms with Gasteiger partial charge in [-0.3, -0.25) is 0 Å². The average molecular weight is 363 g/mol. The van der Waals surface area contributed by atoms with Crippen LogP contribution >= 0.6 is 0 Å². The fraction of sp³-hybridized carbons (Fsp3) is 0.136. The van der Waals surface area contributed by atoms with Gasteiger partial charge in [-0.15, -0.1) is 0 Å². The molecule has 0 bridgehead atoms. The Morgan fingerprint density at radius 3 is 2.56 bits per heavy atom. The zero-order valence-electron chi connectivity index (χ0n) is 14.9. The van der Waals surface area contributed by atoms with Crippen molar-refractivity contribution >= 4 is 22.4 Å². The van der Waals surface area contributed by atoms with Gasteiger partial charge in [0.05, 0.1) is 13.2 Å². The first kappa shape index (κ1) is 18.5. The number of nitrogens with one attached hydrogen (secondary N) is 1. The Bertz CT molecular complexity index is 981. The van der Waals surface area contributed by atoms with Crippen LogP contribution in [-0.4, -0.2) is 23.3 Å². The first-order valence-electron chi connectivity index (χ1n) is 8.55. The molecule has 0 aliphatic rings. The number of rotatable bonds is 7. The predicted octanol–water partition coefficient (Wildman–Crippen LogP) is 4.13. The fourth-order valence-corrected chi connectivity index (χ4v) is 2.91. The summed E-state index contributed by atoms with van der Waals surface area (Å²) < 4.78 is 5.51. The van der Waals surface area contributed by atoms with Crippen LogP contribution in [0.15, 0.2) is 72.8 Å². The van der Waals surface area contributed by atoms with E-state index in [0.29, 0.717) is 12.1 Å². The number of carbonyl (C=O) groups is 1. The van der Waals surface area contributed by atoms with Crippen LogP contribution in [0.1, 0.15) is 17.2 Å². The molecule has 1 atom stereocenters. The van der Waals surface area contributed by atoms with Gasteiger partial charge in [0.2, 0.25) is 0 Å². The molecule has 0 aromatic heterocycles. The van der Waals surface area contributed by atoms with Gasteiger partial charge < -0.3 is 20.3 Å². The van der Waals surface area contributed by atoms with E-state index in [4.69, 9.17) is 9.84 Å². The highest BCUT2D eigenvalue weighted by Gasteiger charge is 2.08. The van der Waals surface area contributed by atoms with Crippen molar-refractivity contribution in [1.29, 1.82) is 0 Å². The third kappa shape index (κ3) is 4.65. The number of anilines is 1. The minimum absolute atomic E-state index is 0.554. The molecule has 3 rings (SSSR count). The Balaban J connectivity index is 1.78. The van der Waals surface area contributed by atoms with Crippen LogP contribution < -0.4 is 10.1 Å². The fourth-order valence-electron chi connectivity index (χ4n) is 2.91.